The Morgan fingerprint density at radius 1 is 0.800 bits per heavy atom. The van der Waals surface area contributed by atoms with Gasteiger partial charge in [-0.25, -0.2) is 0 Å². The van der Waals surface area contributed by atoms with Gasteiger partial charge in [-0.1, -0.05) is 67.2 Å². The fourth-order valence-corrected chi connectivity index (χ4v) is 2.23. The van der Waals surface area contributed by atoms with Crippen molar-refractivity contribution < 1.29 is 0 Å². The van der Waals surface area contributed by atoms with Crippen molar-refractivity contribution in [2.24, 2.45) is 23.7 Å². The number of rotatable bonds is 8. The smallest absolute Gasteiger partial charge is 0.0386 e. The van der Waals surface area contributed by atoms with Crippen LogP contribution in [0.1, 0.15) is 73.6 Å². The molecule has 0 N–H and O–H groups in total. The van der Waals surface area contributed by atoms with Crippen LogP contribution in [0.3, 0.4) is 0 Å². The van der Waals surface area contributed by atoms with Crippen molar-refractivity contribution in [3.63, 3.8) is 0 Å². The zero-order chi connectivity index (χ0) is 11.8. The normalized spacial score (nSPS) is 16.0. The van der Waals surface area contributed by atoms with Crippen molar-refractivity contribution in [3.8, 4) is 0 Å². The van der Waals surface area contributed by atoms with Gasteiger partial charge in [0.15, 0.2) is 0 Å². The molecule has 0 amide bonds. The zero-order valence-electron chi connectivity index (χ0n) is 11.8. The third-order valence-corrected chi connectivity index (χ3v) is 3.84. The average Bonchev–Trinajstić information content (AvgIpc) is 2.16. The molecule has 0 fully saturated rings. The van der Waals surface area contributed by atoms with Gasteiger partial charge in [0.1, 0.15) is 0 Å². The van der Waals surface area contributed by atoms with Crippen LogP contribution in [0.2, 0.25) is 0 Å². The van der Waals surface area contributed by atoms with Gasteiger partial charge in [-0.15, -0.1) is 0 Å². The molecule has 0 spiro atoms. The SMILES string of the molecule is CCCCC(CCC(C)C)C(C)C(C)C. The molecule has 0 aromatic rings. The van der Waals surface area contributed by atoms with E-state index < -0.39 is 0 Å². The van der Waals surface area contributed by atoms with Gasteiger partial charge in [-0.3, -0.25) is 0 Å². The first-order valence-electron chi connectivity index (χ1n) is 6.99. The Balaban J connectivity index is 4.04. The van der Waals surface area contributed by atoms with Crippen LogP contribution in [0.4, 0.5) is 0 Å². The van der Waals surface area contributed by atoms with Gasteiger partial charge in [0.25, 0.3) is 0 Å². The molecule has 92 valence electrons. The van der Waals surface area contributed by atoms with E-state index in [-0.39, 0.29) is 0 Å². The number of hydrogen-bond acceptors (Lipinski definition) is 0. The molecule has 0 aromatic carbocycles. The van der Waals surface area contributed by atoms with E-state index >= 15 is 0 Å². The molecule has 2 unspecified atom stereocenters. The molecule has 0 rings (SSSR count). The van der Waals surface area contributed by atoms with E-state index in [1.165, 1.54) is 32.1 Å². The Morgan fingerprint density at radius 3 is 1.80 bits per heavy atom. The first-order chi connectivity index (χ1) is 6.99. The molecule has 0 radical (unpaired) electrons. The Morgan fingerprint density at radius 2 is 1.40 bits per heavy atom. The largest absolute Gasteiger partial charge is 0.0654 e. The first kappa shape index (κ1) is 15.0. The molecule has 0 saturated carbocycles. The Bertz CT molecular complexity index is 135. The maximum absolute atomic E-state index is 2.45. The van der Waals surface area contributed by atoms with E-state index in [1.807, 2.05) is 0 Å². The second-order valence-corrected chi connectivity index (χ2v) is 5.98. The van der Waals surface area contributed by atoms with Gasteiger partial charge >= 0.3 is 0 Å². The third-order valence-electron chi connectivity index (χ3n) is 3.84. The highest BCUT2D eigenvalue weighted by Gasteiger charge is 2.19. The topological polar surface area (TPSA) is 0 Å². The molecule has 0 nitrogen and oxygen atoms in total. The van der Waals surface area contributed by atoms with E-state index in [2.05, 4.69) is 41.5 Å². The predicted octanol–water partition coefficient (Wildman–Crippen LogP) is 5.52. The van der Waals surface area contributed by atoms with Gasteiger partial charge < -0.3 is 0 Å². The lowest BCUT2D eigenvalue weighted by Gasteiger charge is -2.27. The van der Waals surface area contributed by atoms with Crippen LogP contribution in [-0.4, -0.2) is 0 Å². The van der Waals surface area contributed by atoms with Crippen molar-refractivity contribution in [1.82, 2.24) is 0 Å². The highest BCUT2D eigenvalue weighted by atomic mass is 14.2. The molecule has 0 heterocycles. The molecule has 15 heavy (non-hydrogen) atoms. The van der Waals surface area contributed by atoms with Crippen LogP contribution in [0.15, 0.2) is 0 Å². The summed E-state index contributed by atoms with van der Waals surface area (Å²) < 4.78 is 0. The summed E-state index contributed by atoms with van der Waals surface area (Å²) >= 11 is 0. The van der Waals surface area contributed by atoms with Crippen LogP contribution in [0.5, 0.6) is 0 Å². The van der Waals surface area contributed by atoms with E-state index in [1.54, 1.807) is 0 Å². The number of hydrogen-bond donors (Lipinski definition) is 0. The van der Waals surface area contributed by atoms with Crippen LogP contribution in [-0.2, 0) is 0 Å². The van der Waals surface area contributed by atoms with Crippen molar-refractivity contribution in [3.05, 3.63) is 0 Å². The van der Waals surface area contributed by atoms with Crippen molar-refractivity contribution >= 4 is 0 Å². The molecule has 0 bridgehead atoms. The standard InChI is InChI=1S/C15H32/c1-7-8-9-15(11-10-12(2)3)14(6)13(4)5/h12-15H,7-11H2,1-6H3. The lowest BCUT2D eigenvalue weighted by molar-refractivity contribution is 0.231. The zero-order valence-corrected chi connectivity index (χ0v) is 11.8. The highest BCUT2D eigenvalue weighted by Crippen LogP contribution is 2.30. The monoisotopic (exact) mass is 212 g/mol. The van der Waals surface area contributed by atoms with Gasteiger partial charge in [-0.2, -0.15) is 0 Å². The van der Waals surface area contributed by atoms with Crippen molar-refractivity contribution in [2.45, 2.75) is 73.6 Å². The lowest BCUT2D eigenvalue weighted by atomic mass is 9.78. The molecule has 0 saturated heterocycles. The predicted molar refractivity (Wildman–Crippen MR) is 71.1 cm³/mol. The maximum Gasteiger partial charge on any atom is -0.0386 e. The highest BCUT2D eigenvalue weighted by molar-refractivity contribution is 4.70. The summed E-state index contributed by atoms with van der Waals surface area (Å²) in [6, 6.07) is 0. The molecular weight excluding hydrogens is 180 g/mol. The van der Waals surface area contributed by atoms with Crippen LogP contribution in [0.25, 0.3) is 0 Å². The Labute approximate surface area is 97.8 Å². The minimum atomic E-state index is 0.846. The average molecular weight is 212 g/mol. The van der Waals surface area contributed by atoms with E-state index in [4.69, 9.17) is 0 Å². The molecular formula is C15H32. The second kappa shape index (κ2) is 8.19. The summed E-state index contributed by atoms with van der Waals surface area (Å²) in [6.07, 6.45) is 7.06. The van der Waals surface area contributed by atoms with Crippen molar-refractivity contribution in [2.75, 3.05) is 0 Å². The fourth-order valence-electron chi connectivity index (χ4n) is 2.23. The van der Waals surface area contributed by atoms with Gasteiger partial charge in [0, 0.05) is 0 Å². The summed E-state index contributed by atoms with van der Waals surface area (Å²) in [7, 11) is 0. The minimum absolute atomic E-state index is 0.846. The molecule has 0 aliphatic carbocycles. The first-order valence-corrected chi connectivity index (χ1v) is 6.99. The molecule has 0 aromatic heterocycles. The summed E-state index contributed by atoms with van der Waals surface area (Å²) in [5.74, 6) is 3.58. The Kier molecular flexibility index (Phi) is 8.19. The molecule has 0 aliphatic rings. The van der Waals surface area contributed by atoms with Gasteiger partial charge in [0.05, 0.1) is 0 Å². The molecule has 0 aliphatic heterocycles. The Hall–Kier alpha value is 0. The van der Waals surface area contributed by atoms with Crippen molar-refractivity contribution in [1.29, 1.82) is 0 Å². The maximum atomic E-state index is 2.45. The molecule has 0 heteroatoms. The van der Waals surface area contributed by atoms with E-state index in [9.17, 15) is 0 Å². The quantitative estimate of drug-likeness (QED) is 0.497. The fraction of sp³-hybridized carbons (Fsp3) is 1.00. The minimum Gasteiger partial charge on any atom is -0.0654 e. The van der Waals surface area contributed by atoms with Crippen LogP contribution >= 0.6 is 0 Å². The summed E-state index contributed by atoms with van der Waals surface area (Å²) in [6.45, 7) is 14.2. The number of unbranched alkanes of at least 4 members (excludes halogenated alkanes) is 1. The lowest BCUT2D eigenvalue weighted by Crippen LogP contribution is -2.18. The van der Waals surface area contributed by atoms with Crippen LogP contribution in [0, 0.1) is 23.7 Å². The van der Waals surface area contributed by atoms with E-state index in [0.29, 0.717) is 0 Å². The summed E-state index contributed by atoms with van der Waals surface area (Å²) in [5.41, 5.74) is 0. The second-order valence-electron chi connectivity index (χ2n) is 5.98. The van der Waals surface area contributed by atoms with Gasteiger partial charge in [-0.05, 0) is 30.1 Å². The molecule has 2 atom stereocenters. The van der Waals surface area contributed by atoms with E-state index in [0.717, 1.165) is 23.7 Å². The summed E-state index contributed by atoms with van der Waals surface area (Å²) in [4.78, 5) is 0. The summed E-state index contributed by atoms with van der Waals surface area (Å²) in [5, 5.41) is 0. The van der Waals surface area contributed by atoms with Crippen LogP contribution < -0.4 is 0 Å². The third kappa shape index (κ3) is 6.98. The van der Waals surface area contributed by atoms with Gasteiger partial charge in [0.2, 0.25) is 0 Å².